The highest BCUT2D eigenvalue weighted by atomic mass is 35.5. The Balaban J connectivity index is 1.25. The van der Waals surface area contributed by atoms with Crippen LogP contribution in [-0.2, 0) is 34.0 Å². The number of carbonyl (C=O) groups is 1. The van der Waals surface area contributed by atoms with Gasteiger partial charge in [0.25, 0.3) is 0 Å². The van der Waals surface area contributed by atoms with Crippen molar-refractivity contribution in [1.82, 2.24) is 15.1 Å². The van der Waals surface area contributed by atoms with Gasteiger partial charge < -0.3 is 9.32 Å². The van der Waals surface area contributed by atoms with Crippen LogP contribution in [0.25, 0.3) is 11.5 Å². The molecule has 1 aromatic heterocycles. The molecule has 3 aromatic rings. The number of rotatable bonds is 8. The van der Waals surface area contributed by atoms with E-state index < -0.39 is 9.84 Å². The Bertz CT molecular complexity index is 1280. The highest BCUT2D eigenvalue weighted by molar-refractivity contribution is 7.91. The second-order valence-electron chi connectivity index (χ2n) is 8.61. The van der Waals surface area contributed by atoms with E-state index in [0.717, 1.165) is 43.2 Å². The maximum atomic E-state index is 13.0. The quantitative estimate of drug-likeness (QED) is 0.474. The van der Waals surface area contributed by atoms with Crippen molar-refractivity contribution < 1.29 is 17.6 Å². The van der Waals surface area contributed by atoms with Gasteiger partial charge in [0.2, 0.25) is 17.7 Å². The molecule has 7 nitrogen and oxygen atoms in total. The molecule has 0 N–H and O–H groups in total. The zero-order valence-corrected chi connectivity index (χ0v) is 19.6. The molecule has 0 aliphatic heterocycles. The third kappa shape index (κ3) is 4.96. The maximum absolute atomic E-state index is 13.0. The smallest absolute Gasteiger partial charge is 0.247 e. The van der Waals surface area contributed by atoms with Gasteiger partial charge in [0.15, 0.2) is 9.84 Å². The molecular weight excluding hydrogens is 462 g/mol. The Morgan fingerprint density at radius 2 is 1.82 bits per heavy atom. The molecule has 0 saturated heterocycles. The molecule has 172 valence electrons. The van der Waals surface area contributed by atoms with Crippen molar-refractivity contribution in [2.45, 2.75) is 56.0 Å². The van der Waals surface area contributed by atoms with Crippen molar-refractivity contribution in [1.29, 1.82) is 0 Å². The Labute approximate surface area is 197 Å². The van der Waals surface area contributed by atoms with Gasteiger partial charge in [0.05, 0.1) is 17.2 Å². The number of fused-ring (bicyclic) bond motifs is 1. The average molecular weight is 486 g/mol. The monoisotopic (exact) mass is 485 g/mol. The van der Waals surface area contributed by atoms with Crippen LogP contribution in [0.4, 0.5) is 0 Å². The lowest BCUT2D eigenvalue weighted by atomic mass is 10.1. The van der Waals surface area contributed by atoms with Crippen LogP contribution < -0.4 is 0 Å². The van der Waals surface area contributed by atoms with E-state index in [1.165, 1.54) is 5.56 Å². The number of aromatic nitrogens is 2. The average Bonchev–Trinajstić information content (AvgIpc) is 3.35. The van der Waals surface area contributed by atoms with Crippen LogP contribution in [0, 0.1) is 0 Å². The summed E-state index contributed by atoms with van der Waals surface area (Å²) in [7, 11) is -3.53. The molecule has 5 rings (SSSR count). The lowest BCUT2D eigenvalue weighted by Crippen LogP contribution is -2.33. The summed E-state index contributed by atoms with van der Waals surface area (Å²) in [4.78, 5) is 14.9. The normalized spacial score (nSPS) is 15.4. The number of nitrogens with zero attached hydrogens (tertiary/aromatic N) is 3. The van der Waals surface area contributed by atoms with E-state index in [1.807, 2.05) is 6.07 Å². The van der Waals surface area contributed by atoms with Gasteiger partial charge in [0.1, 0.15) is 0 Å². The predicted molar refractivity (Wildman–Crippen MR) is 123 cm³/mol. The molecule has 2 aliphatic rings. The maximum Gasteiger partial charge on any atom is 0.247 e. The Morgan fingerprint density at radius 3 is 2.58 bits per heavy atom. The van der Waals surface area contributed by atoms with Crippen LogP contribution in [0.1, 0.15) is 42.7 Å². The van der Waals surface area contributed by atoms with Crippen LogP contribution in [0.2, 0.25) is 5.02 Å². The number of halogens is 1. The SMILES string of the molecule is O=C(CCS(=O)(=O)c1ccc2c(c1)CCC2)N(Cc1nnc(-c2ccc(Cl)cc2)o1)C1CC1. The standard InChI is InChI=1S/C24H24ClN3O4S/c25-19-7-4-17(5-8-19)24-27-26-22(32-24)15-28(20-9-10-20)23(29)12-13-33(30,31)21-11-6-16-2-1-3-18(16)14-21/h4-8,11,14,20H,1-3,9-10,12-13,15H2. The van der Waals surface area contributed by atoms with Crippen LogP contribution in [-0.4, -0.2) is 41.2 Å². The fraction of sp³-hybridized carbons (Fsp3) is 0.375. The van der Waals surface area contributed by atoms with Gasteiger partial charge in [-0.05, 0) is 79.6 Å². The van der Waals surface area contributed by atoms with Crippen molar-refractivity contribution >= 4 is 27.3 Å². The summed E-state index contributed by atoms with van der Waals surface area (Å²) >= 11 is 5.92. The number of aryl methyl sites for hydroxylation is 2. The lowest BCUT2D eigenvalue weighted by Gasteiger charge is -2.20. The number of benzene rings is 2. The summed E-state index contributed by atoms with van der Waals surface area (Å²) in [6.07, 6.45) is 4.68. The first-order valence-corrected chi connectivity index (χ1v) is 13.1. The number of carbonyl (C=O) groups excluding carboxylic acids is 1. The van der Waals surface area contributed by atoms with Gasteiger partial charge in [-0.15, -0.1) is 10.2 Å². The molecule has 9 heteroatoms. The lowest BCUT2D eigenvalue weighted by molar-refractivity contribution is -0.132. The van der Waals surface area contributed by atoms with Gasteiger partial charge in [-0.1, -0.05) is 17.7 Å². The van der Waals surface area contributed by atoms with Gasteiger partial charge in [0, 0.05) is 23.0 Å². The molecule has 0 atom stereocenters. The van der Waals surface area contributed by atoms with E-state index >= 15 is 0 Å². The van der Waals surface area contributed by atoms with Gasteiger partial charge in [-0.2, -0.15) is 0 Å². The van der Waals surface area contributed by atoms with E-state index in [9.17, 15) is 13.2 Å². The van der Waals surface area contributed by atoms with Gasteiger partial charge in [-0.3, -0.25) is 4.79 Å². The Hall–Kier alpha value is -2.71. The fourth-order valence-corrected chi connectivity index (χ4v) is 5.61. The number of hydrogen-bond acceptors (Lipinski definition) is 6. The zero-order valence-electron chi connectivity index (χ0n) is 18.0. The predicted octanol–water partition coefficient (Wildman–Crippen LogP) is 4.23. The molecule has 0 bridgehead atoms. The number of amides is 1. The summed E-state index contributed by atoms with van der Waals surface area (Å²) in [5.74, 6) is 0.243. The molecule has 1 heterocycles. The van der Waals surface area contributed by atoms with Crippen LogP contribution in [0.3, 0.4) is 0 Å². The van der Waals surface area contributed by atoms with Crippen LogP contribution >= 0.6 is 11.6 Å². The van der Waals surface area contributed by atoms with E-state index in [0.29, 0.717) is 21.7 Å². The molecular formula is C24H24ClN3O4S. The molecule has 1 saturated carbocycles. The van der Waals surface area contributed by atoms with E-state index in [4.69, 9.17) is 16.0 Å². The van der Waals surface area contributed by atoms with Crippen molar-refractivity contribution in [2.24, 2.45) is 0 Å². The van der Waals surface area contributed by atoms with Crippen LogP contribution in [0.5, 0.6) is 0 Å². The topological polar surface area (TPSA) is 93.4 Å². The summed E-state index contributed by atoms with van der Waals surface area (Å²) in [5, 5.41) is 8.75. The summed E-state index contributed by atoms with van der Waals surface area (Å²) < 4.78 is 31.5. The Kier molecular flexibility index (Phi) is 5.97. The molecule has 1 fully saturated rings. The largest absolute Gasteiger partial charge is 0.419 e. The Morgan fingerprint density at radius 1 is 1.06 bits per heavy atom. The molecule has 33 heavy (non-hydrogen) atoms. The molecule has 1 amide bonds. The third-order valence-corrected chi connectivity index (χ3v) is 8.15. The van der Waals surface area contributed by atoms with Crippen molar-refractivity contribution in [3.05, 3.63) is 64.5 Å². The summed E-state index contributed by atoms with van der Waals surface area (Å²) in [5.41, 5.74) is 3.07. The fourth-order valence-electron chi connectivity index (χ4n) is 4.20. The molecule has 0 unspecified atom stereocenters. The van der Waals surface area contributed by atoms with E-state index in [1.54, 1.807) is 41.3 Å². The molecule has 2 aliphatic carbocycles. The summed E-state index contributed by atoms with van der Waals surface area (Å²) in [6, 6.07) is 12.5. The molecule has 2 aromatic carbocycles. The van der Waals surface area contributed by atoms with Crippen molar-refractivity contribution in [2.75, 3.05) is 5.75 Å². The zero-order chi connectivity index (χ0) is 23.0. The van der Waals surface area contributed by atoms with Crippen molar-refractivity contribution in [3.63, 3.8) is 0 Å². The summed E-state index contributed by atoms with van der Waals surface area (Å²) in [6.45, 7) is 0.170. The highest BCUT2D eigenvalue weighted by Gasteiger charge is 2.34. The van der Waals surface area contributed by atoms with Gasteiger partial charge in [-0.25, -0.2) is 8.42 Å². The third-order valence-electron chi connectivity index (χ3n) is 6.19. The molecule has 0 spiro atoms. The number of sulfone groups is 1. The first-order chi connectivity index (χ1) is 15.9. The second-order valence-corrected chi connectivity index (χ2v) is 11.2. The minimum Gasteiger partial charge on any atom is -0.419 e. The highest BCUT2D eigenvalue weighted by Crippen LogP contribution is 2.30. The number of hydrogen-bond donors (Lipinski definition) is 0. The minimum absolute atomic E-state index is 0.0753. The van der Waals surface area contributed by atoms with Crippen LogP contribution in [0.15, 0.2) is 51.8 Å². The second kappa shape index (κ2) is 8.91. The minimum atomic E-state index is -3.53. The van der Waals surface area contributed by atoms with E-state index in [2.05, 4.69) is 10.2 Å². The first kappa shape index (κ1) is 22.1. The first-order valence-electron chi connectivity index (χ1n) is 11.1. The van der Waals surface area contributed by atoms with E-state index in [-0.39, 0.29) is 30.7 Å². The van der Waals surface area contributed by atoms with Crippen molar-refractivity contribution in [3.8, 4) is 11.5 Å². The van der Waals surface area contributed by atoms with Gasteiger partial charge >= 0.3 is 0 Å². The molecule has 0 radical (unpaired) electrons.